The quantitative estimate of drug-likeness (QED) is 0.362. The molecule has 0 saturated carbocycles. The van der Waals surface area contributed by atoms with E-state index in [9.17, 15) is 14.4 Å². The molecule has 0 aromatic heterocycles. The molecule has 0 bridgehead atoms. The van der Waals surface area contributed by atoms with Gasteiger partial charge < -0.3 is 14.0 Å². The van der Waals surface area contributed by atoms with Crippen LogP contribution in [0.5, 0.6) is 0 Å². The van der Waals surface area contributed by atoms with Crippen LogP contribution in [0, 0.1) is 0 Å². The maximum absolute atomic E-state index is 11.7. The van der Waals surface area contributed by atoms with Crippen molar-refractivity contribution in [2.24, 2.45) is 0 Å². The Morgan fingerprint density at radius 2 is 1.22 bits per heavy atom. The van der Waals surface area contributed by atoms with E-state index >= 15 is 0 Å². The van der Waals surface area contributed by atoms with E-state index in [1.54, 1.807) is 0 Å². The van der Waals surface area contributed by atoms with Gasteiger partial charge in [0.05, 0.1) is 16.1 Å². The number of hydrogen-bond acceptors (Lipinski definition) is 2. The van der Waals surface area contributed by atoms with Gasteiger partial charge in [-0.2, -0.15) is 0 Å². The van der Waals surface area contributed by atoms with Crippen LogP contribution in [0.15, 0.2) is 0 Å². The van der Waals surface area contributed by atoms with Crippen molar-refractivity contribution in [1.29, 1.82) is 0 Å². The molecule has 4 nitrogen and oxygen atoms in total. The Bertz CT molecular complexity index is 414. The van der Waals surface area contributed by atoms with E-state index < -0.39 is 32.3 Å². The molecule has 0 aliphatic heterocycles. The van der Waals surface area contributed by atoms with Crippen molar-refractivity contribution < 1.29 is 18.6 Å². The largest absolute Gasteiger partial charge is 0.459 e. The minimum Gasteiger partial charge on any atom is -0.330 e. The van der Waals surface area contributed by atoms with Crippen LogP contribution in [-0.4, -0.2) is 34.3 Å². The molecule has 0 aromatic carbocycles. The zero-order chi connectivity index (χ0) is 18.7. The van der Waals surface area contributed by atoms with Gasteiger partial charge in [0.1, 0.15) is 0 Å². The summed E-state index contributed by atoms with van der Waals surface area (Å²) >= 11 is 0. The average Bonchev–Trinajstić information content (AvgIpc) is 2.24. The van der Waals surface area contributed by atoms with E-state index in [0.29, 0.717) is 0 Å². The molecule has 0 saturated heterocycles. The Morgan fingerprint density at radius 1 is 0.870 bits per heavy atom. The molecule has 0 aliphatic carbocycles. The van der Waals surface area contributed by atoms with Gasteiger partial charge in [0.25, 0.3) is 0 Å². The fourth-order valence-corrected chi connectivity index (χ4v) is 37.8. The highest BCUT2D eigenvalue weighted by molar-refractivity contribution is 7.48. The maximum atomic E-state index is 11.7. The molecule has 0 spiro atoms. The SMILES string of the molecule is CCC[Si](C)(C)C(CC)([Si](C)(C)CCC)[Si](C)(C)OP(=O)(O)O. The Labute approximate surface area is 146 Å². The molecule has 0 fully saturated rings. The predicted octanol–water partition coefficient (Wildman–Crippen LogP) is 5.77. The van der Waals surface area contributed by atoms with E-state index in [2.05, 4.69) is 60.1 Å². The van der Waals surface area contributed by atoms with E-state index in [0.717, 1.165) is 19.3 Å². The molecule has 0 aromatic rings. The van der Waals surface area contributed by atoms with Crippen LogP contribution in [0.4, 0.5) is 0 Å². The smallest absolute Gasteiger partial charge is 0.330 e. The third-order valence-electron chi connectivity index (χ3n) is 5.97. The van der Waals surface area contributed by atoms with Crippen molar-refractivity contribution in [1.82, 2.24) is 0 Å². The highest BCUT2D eigenvalue weighted by Gasteiger charge is 2.65. The van der Waals surface area contributed by atoms with Gasteiger partial charge in [0.2, 0.25) is 8.32 Å². The fraction of sp³-hybridized carbons (Fsp3) is 1.00. The van der Waals surface area contributed by atoms with Crippen LogP contribution in [-0.2, 0) is 8.78 Å². The summed E-state index contributed by atoms with van der Waals surface area (Å²) in [6, 6.07) is 2.39. The van der Waals surface area contributed by atoms with Crippen LogP contribution in [0.1, 0.15) is 40.0 Å². The molecule has 140 valence electrons. The van der Waals surface area contributed by atoms with Crippen LogP contribution in [0.25, 0.3) is 0 Å². The normalized spacial score (nSPS) is 15.1. The van der Waals surface area contributed by atoms with Gasteiger partial charge in [-0.15, -0.1) is 0 Å². The number of hydrogen-bond donors (Lipinski definition) is 2. The first-order valence-corrected chi connectivity index (χ1v) is 19.8. The predicted molar refractivity (Wildman–Crippen MR) is 109 cm³/mol. The lowest BCUT2D eigenvalue weighted by Crippen LogP contribution is -2.69. The third kappa shape index (κ3) is 4.90. The molecule has 0 radical (unpaired) electrons. The zero-order valence-electron chi connectivity index (χ0n) is 16.7. The van der Waals surface area contributed by atoms with Crippen molar-refractivity contribution in [3.63, 3.8) is 0 Å². The molecular formula is C15H39O4PSi3. The molecule has 0 rings (SSSR count). The Kier molecular flexibility index (Phi) is 8.24. The van der Waals surface area contributed by atoms with Crippen LogP contribution in [0.2, 0.25) is 55.7 Å². The Balaban J connectivity index is 6.43. The van der Waals surface area contributed by atoms with Gasteiger partial charge >= 0.3 is 7.82 Å². The van der Waals surface area contributed by atoms with E-state index in [-0.39, 0.29) is 4.28 Å². The summed E-state index contributed by atoms with van der Waals surface area (Å²) < 4.78 is 17.4. The lowest BCUT2D eigenvalue weighted by molar-refractivity contribution is 0.277. The molecule has 0 unspecified atom stereocenters. The number of rotatable bonds is 10. The minimum atomic E-state index is -4.47. The molecule has 23 heavy (non-hydrogen) atoms. The molecule has 0 amide bonds. The van der Waals surface area contributed by atoms with Gasteiger partial charge in [0.15, 0.2) is 0 Å². The lowest BCUT2D eigenvalue weighted by atomic mass is 10.5. The van der Waals surface area contributed by atoms with Gasteiger partial charge in [-0.05, 0) is 17.4 Å². The van der Waals surface area contributed by atoms with Gasteiger partial charge in [-0.1, -0.05) is 78.3 Å². The van der Waals surface area contributed by atoms with E-state index in [1.165, 1.54) is 12.1 Å². The second-order valence-corrected chi connectivity index (χ2v) is 25.9. The van der Waals surface area contributed by atoms with Crippen LogP contribution in [0.3, 0.4) is 0 Å². The summed E-state index contributed by atoms with van der Waals surface area (Å²) in [5.74, 6) is 0. The monoisotopic (exact) mass is 398 g/mol. The minimum absolute atomic E-state index is 0.0418. The summed E-state index contributed by atoms with van der Waals surface area (Å²) in [5.41, 5.74) is 0. The Hall–Kier alpha value is 0.761. The fourth-order valence-electron chi connectivity index (χ4n) is 5.98. The van der Waals surface area contributed by atoms with E-state index in [4.69, 9.17) is 4.21 Å². The van der Waals surface area contributed by atoms with Gasteiger partial charge in [-0.25, -0.2) is 4.57 Å². The first-order valence-electron chi connectivity index (χ1n) is 8.90. The van der Waals surface area contributed by atoms with Crippen molar-refractivity contribution in [3.05, 3.63) is 0 Å². The highest BCUT2D eigenvalue weighted by atomic mass is 31.2. The third-order valence-corrected chi connectivity index (χ3v) is 31.7. The summed E-state index contributed by atoms with van der Waals surface area (Å²) in [4.78, 5) is 19.1. The maximum Gasteiger partial charge on any atom is 0.459 e. The summed E-state index contributed by atoms with van der Waals surface area (Å²) in [6.07, 6.45) is 3.26. The topological polar surface area (TPSA) is 66.8 Å². The molecular weight excluding hydrogens is 359 g/mol. The molecule has 2 N–H and O–H groups in total. The number of phosphoric acid groups is 1. The van der Waals surface area contributed by atoms with Crippen molar-refractivity contribution >= 4 is 32.3 Å². The van der Waals surface area contributed by atoms with Crippen molar-refractivity contribution in [2.45, 2.75) is 95.7 Å². The van der Waals surface area contributed by atoms with Crippen LogP contribution >= 0.6 is 7.82 Å². The van der Waals surface area contributed by atoms with E-state index in [1.807, 2.05) is 0 Å². The average molecular weight is 399 g/mol. The summed E-state index contributed by atoms with van der Waals surface area (Å²) in [6.45, 7) is 20.5. The molecule has 8 heteroatoms. The second kappa shape index (κ2) is 7.98. The van der Waals surface area contributed by atoms with Gasteiger partial charge in [0, 0.05) is 0 Å². The highest BCUT2D eigenvalue weighted by Crippen LogP contribution is 2.62. The zero-order valence-corrected chi connectivity index (χ0v) is 20.6. The first kappa shape index (κ1) is 23.8. The molecule has 0 aliphatic rings. The first-order chi connectivity index (χ1) is 10.1. The second-order valence-electron chi connectivity index (χ2n) is 8.62. The van der Waals surface area contributed by atoms with Crippen LogP contribution < -0.4 is 0 Å². The van der Waals surface area contributed by atoms with Crippen molar-refractivity contribution in [3.8, 4) is 0 Å². The van der Waals surface area contributed by atoms with Crippen molar-refractivity contribution in [2.75, 3.05) is 0 Å². The van der Waals surface area contributed by atoms with Gasteiger partial charge in [-0.3, -0.25) is 0 Å². The molecule has 0 atom stereocenters. The standard InChI is InChI=1S/C15H39O4PSi3/c1-10-13-21(4,5)15(12-3,22(6,7)14-11-2)23(8,9)19-20(16,17)18/h10-14H2,1-9H3,(H2,16,17,18). The summed E-state index contributed by atoms with van der Waals surface area (Å²) in [5, 5.41) is 0. The molecule has 0 heterocycles. The lowest BCUT2D eigenvalue weighted by Gasteiger charge is -2.60. The Morgan fingerprint density at radius 3 is 1.43 bits per heavy atom. The summed E-state index contributed by atoms with van der Waals surface area (Å²) in [7, 11) is -10.5.